The fourth-order valence-electron chi connectivity index (χ4n) is 3.35. The van der Waals surface area contributed by atoms with Crippen LogP contribution in [0.15, 0.2) is 24.3 Å². The van der Waals surface area contributed by atoms with Crippen molar-refractivity contribution >= 4 is 35.1 Å². The lowest BCUT2D eigenvalue weighted by atomic mass is 10.1. The lowest BCUT2D eigenvalue weighted by molar-refractivity contribution is -0.120. The molecule has 0 saturated carbocycles. The normalized spacial score (nSPS) is 12.2. The molecule has 0 aromatic heterocycles. The standard InChI is InChI=1S/C25H38N4O5/c1-5-8-20-11-13-21(14-12-20)27-24(33)26-16-7-6-9-22(18(3)31)28-25(34)29-23(19(4)32)15-10-17(2)30/h11-14,22-23H,5-10,15-16H2,1-4H3,(H2,26,27,33)(H2,28,29,34). The van der Waals surface area contributed by atoms with Gasteiger partial charge >= 0.3 is 12.1 Å². The first-order chi connectivity index (χ1) is 16.1. The summed E-state index contributed by atoms with van der Waals surface area (Å²) in [5.74, 6) is -0.519. The van der Waals surface area contributed by atoms with Crippen molar-refractivity contribution in [2.24, 2.45) is 0 Å². The number of Topliss-reactive ketones (excluding diaryl/α,β-unsaturated/α-hetero) is 3. The minimum absolute atomic E-state index is 0.0674. The molecule has 2 unspecified atom stereocenters. The Labute approximate surface area is 201 Å². The van der Waals surface area contributed by atoms with Crippen LogP contribution in [0.5, 0.6) is 0 Å². The number of carbonyl (C=O) groups excluding carboxylic acids is 5. The molecular formula is C25H38N4O5. The molecular weight excluding hydrogens is 436 g/mol. The maximum Gasteiger partial charge on any atom is 0.319 e. The Morgan fingerprint density at radius 1 is 0.794 bits per heavy atom. The van der Waals surface area contributed by atoms with E-state index in [2.05, 4.69) is 28.2 Å². The van der Waals surface area contributed by atoms with Crippen LogP contribution in [-0.2, 0) is 20.8 Å². The molecule has 188 valence electrons. The second-order valence-corrected chi connectivity index (χ2v) is 8.51. The van der Waals surface area contributed by atoms with E-state index in [-0.39, 0.29) is 36.2 Å². The molecule has 0 heterocycles. The van der Waals surface area contributed by atoms with Crippen molar-refractivity contribution in [3.05, 3.63) is 29.8 Å². The van der Waals surface area contributed by atoms with Crippen LogP contribution in [0.1, 0.15) is 71.8 Å². The number of nitrogens with one attached hydrogen (secondary N) is 4. The lowest BCUT2D eigenvalue weighted by Gasteiger charge is -2.20. The molecule has 0 bridgehead atoms. The van der Waals surface area contributed by atoms with Gasteiger partial charge in [-0.1, -0.05) is 25.5 Å². The van der Waals surface area contributed by atoms with Gasteiger partial charge in [0.15, 0.2) is 11.6 Å². The molecule has 2 atom stereocenters. The summed E-state index contributed by atoms with van der Waals surface area (Å²) in [6, 6.07) is 5.33. The minimum Gasteiger partial charge on any atom is -0.338 e. The van der Waals surface area contributed by atoms with Crippen LogP contribution in [0.2, 0.25) is 0 Å². The molecule has 0 spiro atoms. The van der Waals surface area contributed by atoms with Crippen molar-refractivity contribution in [3.63, 3.8) is 0 Å². The van der Waals surface area contributed by atoms with Crippen LogP contribution < -0.4 is 21.3 Å². The summed E-state index contributed by atoms with van der Waals surface area (Å²) >= 11 is 0. The molecule has 0 aliphatic carbocycles. The Bertz CT molecular complexity index is 838. The molecule has 1 aromatic rings. The Hall–Kier alpha value is -3.23. The van der Waals surface area contributed by atoms with Gasteiger partial charge in [-0.15, -0.1) is 0 Å². The molecule has 0 saturated heterocycles. The van der Waals surface area contributed by atoms with Crippen LogP contribution in [0.25, 0.3) is 0 Å². The highest BCUT2D eigenvalue weighted by Crippen LogP contribution is 2.11. The highest BCUT2D eigenvalue weighted by Gasteiger charge is 2.21. The van der Waals surface area contributed by atoms with Gasteiger partial charge in [-0.2, -0.15) is 0 Å². The second kappa shape index (κ2) is 15.6. The van der Waals surface area contributed by atoms with Crippen molar-refractivity contribution in [2.75, 3.05) is 11.9 Å². The third-order valence-corrected chi connectivity index (χ3v) is 5.33. The monoisotopic (exact) mass is 474 g/mol. The van der Waals surface area contributed by atoms with Crippen molar-refractivity contribution in [3.8, 4) is 0 Å². The van der Waals surface area contributed by atoms with Gasteiger partial charge in [0.25, 0.3) is 0 Å². The zero-order valence-corrected chi connectivity index (χ0v) is 20.7. The van der Waals surface area contributed by atoms with Gasteiger partial charge in [0, 0.05) is 18.7 Å². The van der Waals surface area contributed by atoms with Crippen molar-refractivity contribution in [1.29, 1.82) is 0 Å². The molecule has 9 heteroatoms. The smallest absolute Gasteiger partial charge is 0.319 e. The van der Waals surface area contributed by atoms with E-state index < -0.39 is 18.1 Å². The number of carbonyl (C=O) groups is 5. The fourth-order valence-corrected chi connectivity index (χ4v) is 3.35. The zero-order chi connectivity index (χ0) is 25.5. The molecule has 1 rings (SSSR count). The average molecular weight is 475 g/mol. The van der Waals surface area contributed by atoms with Crippen LogP contribution in [0, 0.1) is 0 Å². The number of urea groups is 2. The van der Waals surface area contributed by atoms with Gasteiger partial charge in [-0.25, -0.2) is 9.59 Å². The first-order valence-corrected chi connectivity index (χ1v) is 11.8. The average Bonchev–Trinajstić information content (AvgIpc) is 2.76. The van der Waals surface area contributed by atoms with E-state index in [1.165, 1.54) is 26.3 Å². The maximum absolute atomic E-state index is 12.2. The summed E-state index contributed by atoms with van der Waals surface area (Å²) < 4.78 is 0. The number of aryl methyl sites for hydroxylation is 1. The second-order valence-electron chi connectivity index (χ2n) is 8.51. The Morgan fingerprint density at radius 3 is 1.91 bits per heavy atom. The number of rotatable bonds is 15. The molecule has 4 amide bonds. The summed E-state index contributed by atoms with van der Waals surface area (Å²) in [5, 5.41) is 10.7. The minimum atomic E-state index is -0.776. The van der Waals surface area contributed by atoms with E-state index in [0.29, 0.717) is 25.8 Å². The molecule has 0 fully saturated rings. The Balaban J connectivity index is 2.36. The number of hydrogen-bond acceptors (Lipinski definition) is 5. The maximum atomic E-state index is 12.2. The van der Waals surface area contributed by atoms with E-state index in [4.69, 9.17) is 0 Å². The van der Waals surface area contributed by atoms with Gasteiger partial charge in [0.05, 0.1) is 12.1 Å². The summed E-state index contributed by atoms with van der Waals surface area (Å²) in [7, 11) is 0. The molecule has 9 nitrogen and oxygen atoms in total. The van der Waals surface area contributed by atoms with E-state index >= 15 is 0 Å². The molecule has 0 radical (unpaired) electrons. The number of anilines is 1. The highest BCUT2D eigenvalue weighted by molar-refractivity contribution is 5.90. The van der Waals surface area contributed by atoms with Crippen molar-refractivity contribution in [2.45, 2.75) is 84.7 Å². The van der Waals surface area contributed by atoms with E-state index in [0.717, 1.165) is 18.5 Å². The molecule has 4 N–H and O–H groups in total. The number of ketones is 3. The third kappa shape index (κ3) is 12.1. The van der Waals surface area contributed by atoms with Gasteiger partial charge in [0.1, 0.15) is 5.78 Å². The largest absolute Gasteiger partial charge is 0.338 e. The molecule has 0 aliphatic heterocycles. The van der Waals surface area contributed by atoms with Gasteiger partial charge in [-0.05, 0) is 70.6 Å². The SMILES string of the molecule is CCCc1ccc(NC(=O)NCCCCC(NC(=O)NC(CCC(C)=O)C(C)=O)C(C)=O)cc1. The van der Waals surface area contributed by atoms with E-state index in [1.54, 1.807) is 0 Å². The van der Waals surface area contributed by atoms with Crippen molar-refractivity contribution < 1.29 is 24.0 Å². The highest BCUT2D eigenvalue weighted by atomic mass is 16.2. The molecule has 1 aromatic carbocycles. The number of amides is 4. The first kappa shape index (κ1) is 28.8. The number of benzene rings is 1. The van der Waals surface area contributed by atoms with Crippen LogP contribution in [0.3, 0.4) is 0 Å². The summed E-state index contributed by atoms with van der Waals surface area (Å²) in [5.41, 5.74) is 1.94. The van der Waals surface area contributed by atoms with Gasteiger partial charge in [0.2, 0.25) is 0 Å². The molecule has 0 aliphatic rings. The lowest BCUT2D eigenvalue weighted by Crippen LogP contribution is -2.50. The summed E-state index contributed by atoms with van der Waals surface area (Å²) in [6.45, 7) is 6.70. The van der Waals surface area contributed by atoms with Gasteiger partial charge < -0.3 is 26.1 Å². The predicted molar refractivity (Wildman–Crippen MR) is 132 cm³/mol. The summed E-state index contributed by atoms with van der Waals surface area (Å²) in [4.78, 5) is 59.1. The van der Waals surface area contributed by atoms with Crippen LogP contribution in [0.4, 0.5) is 15.3 Å². The predicted octanol–water partition coefficient (Wildman–Crippen LogP) is 3.51. The van der Waals surface area contributed by atoms with E-state index in [1.807, 2.05) is 24.3 Å². The Kier molecular flexibility index (Phi) is 13.2. The first-order valence-electron chi connectivity index (χ1n) is 11.8. The van der Waals surface area contributed by atoms with Crippen LogP contribution >= 0.6 is 0 Å². The van der Waals surface area contributed by atoms with Crippen molar-refractivity contribution in [1.82, 2.24) is 16.0 Å². The van der Waals surface area contributed by atoms with Crippen LogP contribution in [-0.4, -0.2) is 48.0 Å². The molecule has 34 heavy (non-hydrogen) atoms. The topological polar surface area (TPSA) is 133 Å². The Morgan fingerprint density at radius 2 is 1.38 bits per heavy atom. The number of hydrogen-bond donors (Lipinski definition) is 4. The third-order valence-electron chi connectivity index (χ3n) is 5.33. The van der Waals surface area contributed by atoms with E-state index in [9.17, 15) is 24.0 Å². The quantitative estimate of drug-likeness (QED) is 0.289. The zero-order valence-electron chi connectivity index (χ0n) is 20.7. The van der Waals surface area contributed by atoms with Gasteiger partial charge in [-0.3, -0.25) is 9.59 Å². The number of unbranched alkanes of at least 4 members (excludes halogenated alkanes) is 1. The fraction of sp³-hybridized carbons (Fsp3) is 0.560. The summed E-state index contributed by atoms with van der Waals surface area (Å²) in [6.07, 6.45) is 4.12.